The van der Waals surface area contributed by atoms with Gasteiger partial charge in [-0.1, -0.05) is 38.4 Å². The zero-order valence-electron chi connectivity index (χ0n) is 11.7. The summed E-state index contributed by atoms with van der Waals surface area (Å²) in [7, 11) is 0. The van der Waals surface area contributed by atoms with Crippen LogP contribution in [0, 0.1) is 5.41 Å². The quantitative estimate of drug-likeness (QED) is 0.899. The average Bonchev–Trinajstić information content (AvgIpc) is 2.80. The van der Waals surface area contributed by atoms with E-state index >= 15 is 0 Å². The summed E-state index contributed by atoms with van der Waals surface area (Å²) in [5.41, 5.74) is 2.31. The van der Waals surface area contributed by atoms with Crippen molar-refractivity contribution in [1.29, 1.82) is 0 Å². The Morgan fingerprint density at radius 3 is 2.74 bits per heavy atom. The molecule has 19 heavy (non-hydrogen) atoms. The molecule has 0 unspecified atom stereocenters. The minimum absolute atomic E-state index is 0.320. The van der Waals surface area contributed by atoms with E-state index in [1.807, 2.05) is 29.0 Å². The van der Waals surface area contributed by atoms with Gasteiger partial charge in [0.2, 0.25) is 0 Å². The van der Waals surface area contributed by atoms with Crippen LogP contribution in [0.1, 0.15) is 27.2 Å². The Morgan fingerprint density at radius 1 is 1.32 bits per heavy atom. The first kappa shape index (κ1) is 13.9. The summed E-state index contributed by atoms with van der Waals surface area (Å²) >= 11 is 6.30. The molecule has 4 heteroatoms. The van der Waals surface area contributed by atoms with Gasteiger partial charge >= 0.3 is 0 Å². The first-order chi connectivity index (χ1) is 8.97. The summed E-state index contributed by atoms with van der Waals surface area (Å²) in [6, 6.07) is 5.90. The maximum absolute atomic E-state index is 6.30. The molecule has 0 bridgehead atoms. The normalized spacial score (nSPS) is 11.6. The van der Waals surface area contributed by atoms with Crippen LogP contribution < -0.4 is 5.32 Å². The zero-order valence-corrected chi connectivity index (χ0v) is 12.4. The molecule has 0 aliphatic carbocycles. The van der Waals surface area contributed by atoms with E-state index in [1.54, 1.807) is 12.5 Å². The van der Waals surface area contributed by atoms with Crippen LogP contribution >= 0.6 is 11.6 Å². The standard InChI is InChI=1S/C15H20ClN3/c1-15(2,3)7-8-18-13-6-4-5-12(16)14(13)19-10-9-17-11-19/h4-6,9-11,18H,7-8H2,1-3H3. The predicted molar refractivity (Wildman–Crippen MR) is 81.1 cm³/mol. The summed E-state index contributed by atoms with van der Waals surface area (Å²) in [4.78, 5) is 4.08. The number of rotatable bonds is 4. The number of para-hydroxylation sites is 1. The van der Waals surface area contributed by atoms with E-state index in [0.717, 1.165) is 29.4 Å². The number of nitrogens with one attached hydrogen (secondary N) is 1. The molecule has 0 radical (unpaired) electrons. The third kappa shape index (κ3) is 3.74. The Morgan fingerprint density at radius 2 is 2.11 bits per heavy atom. The third-order valence-electron chi connectivity index (χ3n) is 2.94. The summed E-state index contributed by atoms with van der Waals surface area (Å²) in [6.45, 7) is 7.64. The van der Waals surface area contributed by atoms with Crippen molar-refractivity contribution < 1.29 is 0 Å². The van der Waals surface area contributed by atoms with Crippen LogP contribution in [0.4, 0.5) is 5.69 Å². The molecule has 0 spiro atoms. The highest BCUT2D eigenvalue weighted by atomic mass is 35.5. The van der Waals surface area contributed by atoms with E-state index in [9.17, 15) is 0 Å². The van der Waals surface area contributed by atoms with Crippen LogP contribution in [0.25, 0.3) is 5.69 Å². The van der Waals surface area contributed by atoms with Crippen LogP contribution in [-0.4, -0.2) is 16.1 Å². The van der Waals surface area contributed by atoms with Gasteiger partial charge in [0.25, 0.3) is 0 Å². The maximum atomic E-state index is 6.30. The van der Waals surface area contributed by atoms with Crippen molar-refractivity contribution in [3.05, 3.63) is 41.9 Å². The average molecular weight is 278 g/mol. The van der Waals surface area contributed by atoms with Crippen LogP contribution in [0.3, 0.4) is 0 Å². The van der Waals surface area contributed by atoms with Gasteiger partial charge in [-0.05, 0) is 24.0 Å². The lowest BCUT2D eigenvalue weighted by atomic mass is 9.92. The van der Waals surface area contributed by atoms with Gasteiger partial charge in [0.05, 0.1) is 22.7 Å². The number of aromatic nitrogens is 2. The largest absolute Gasteiger partial charge is 0.383 e. The van der Waals surface area contributed by atoms with Gasteiger partial charge in [0.1, 0.15) is 0 Å². The fourth-order valence-electron chi connectivity index (χ4n) is 1.88. The van der Waals surface area contributed by atoms with Crippen LogP contribution in [0.15, 0.2) is 36.9 Å². The lowest BCUT2D eigenvalue weighted by molar-refractivity contribution is 0.390. The Balaban J connectivity index is 2.19. The minimum atomic E-state index is 0.320. The summed E-state index contributed by atoms with van der Waals surface area (Å²) < 4.78 is 1.93. The van der Waals surface area contributed by atoms with E-state index in [2.05, 4.69) is 31.1 Å². The number of hydrogen-bond donors (Lipinski definition) is 1. The molecule has 3 nitrogen and oxygen atoms in total. The van der Waals surface area contributed by atoms with Crippen molar-refractivity contribution in [2.45, 2.75) is 27.2 Å². The fourth-order valence-corrected chi connectivity index (χ4v) is 2.16. The number of halogens is 1. The molecule has 0 aliphatic heterocycles. The SMILES string of the molecule is CC(C)(C)CCNc1cccc(Cl)c1-n1ccnc1. The number of hydrogen-bond acceptors (Lipinski definition) is 2. The Kier molecular flexibility index (Phi) is 4.15. The fraction of sp³-hybridized carbons (Fsp3) is 0.400. The lowest BCUT2D eigenvalue weighted by Gasteiger charge is -2.20. The minimum Gasteiger partial charge on any atom is -0.383 e. The molecule has 1 aromatic carbocycles. The van der Waals surface area contributed by atoms with E-state index in [-0.39, 0.29) is 0 Å². The molecule has 1 N–H and O–H groups in total. The van der Waals surface area contributed by atoms with Crippen molar-refractivity contribution in [1.82, 2.24) is 9.55 Å². The van der Waals surface area contributed by atoms with Gasteiger partial charge in [-0.3, -0.25) is 0 Å². The predicted octanol–water partition coefficient (Wildman–Crippen LogP) is 4.37. The molecule has 1 heterocycles. The van der Waals surface area contributed by atoms with Crippen LogP contribution in [0.5, 0.6) is 0 Å². The Labute approximate surface area is 119 Å². The second-order valence-electron chi connectivity index (χ2n) is 5.84. The van der Waals surface area contributed by atoms with Gasteiger partial charge in [-0.2, -0.15) is 0 Å². The topological polar surface area (TPSA) is 29.9 Å². The van der Waals surface area contributed by atoms with Crippen molar-refractivity contribution in [2.24, 2.45) is 5.41 Å². The van der Waals surface area contributed by atoms with E-state index in [1.165, 1.54) is 0 Å². The molecule has 102 valence electrons. The molecule has 0 atom stereocenters. The van der Waals surface area contributed by atoms with Crippen LogP contribution in [0.2, 0.25) is 5.02 Å². The van der Waals surface area contributed by atoms with Gasteiger partial charge in [0, 0.05) is 18.9 Å². The van der Waals surface area contributed by atoms with Gasteiger partial charge in [-0.15, -0.1) is 0 Å². The Hall–Kier alpha value is -1.48. The van der Waals surface area contributed by atoms with Crippen molar-refractivity contribution in [2.75, 3.05) is 11.9 Å². The molecule has 0 saturated heterocycles. The molecule has 0 aliphatic rings. The summed E-state index contributed by atoms with van der Waals surface area (Å²) in [6.07, 6.45) is 6.51. The Bertz CT molecular complexity index is 527. The molecule has 2 rings (SSSR count). The number of anilines is 1. The van der Waals surface area contributed by atoms with Crippen molar-refractivity contribution in [3.63, 3.8) is 0 Å². The molecule has 0 saturated carbocycles. The maximum Gasteiger partial charge on any atom is 0.0992 e. The summed E-state index contributed by atoms with van der Waals surface area (Å²) in [5.74, 6) is 0. The number of nitrogens with zero attached hydrogens (tertiary/aromatic N) is 2. The highest BCUT2D eigenvalue weighted by molar-refractivity contribution is 6.33. The van der Waals surface area contributed by atoms with Crippen molar-refractivity contribution >= 4 is 17.3 Å². The monoisotopic (exact) mass is 277 g/mol. The first-order valence-electron chi connectivity index (χ1n) is 6.48. The first-order valence-corrected chi connectivity index (χ1v) is 6.86. The molecule has 0 amide bonds. The van der Waals surface area contributed by atoms with Crippen LogP contribution in [-0.2, 0) is 0 Å². The van der Waals surface area contributed by atoms with E-state index < -0.39 is 0 Å². The molecule has 0 fully saturated rings. The number of imidazole rings is 1. The van der Waals surface area contributed by atoms with Gasteiger partial charge in [0.15, 0.2) is 0 Å². The molecule has 1 aromatic heterocycles. The summed E-state index contributed by atoms with van der Waals surface area (Å²) in [5, 5.41) is 4.19. The van der Waals surface area contributed by atoms with Crippen molar-refractivity contribution in [3.8, 4) is 5.69 Å². The molecular weight excluding hydrogens is 258 g/mol. The van der Waals surface area contributed by atoms with E-state index in [0.29, 0.717) is 5.41 Å². The smallest absolute Gasteiger partial charge is 0.0992 e. The highest BCUT2D eigenvalue weighted by Gasteiger charge is 2.12. The lowest BCUT2D eigenvalue weighted by Crippen LogP contribution is -2.13. The zero-order chi connectivity index (χ0) is 13.9. The highest BCUT2D eigenvalue weighted by Crippen LogP contribution is 2.29. The third-order valence-corrected chi connectivity index (χ3v) is 3.24. The van der Waals surface area contributed by atoms with E-state index in [4.69, 9.17) is 11.6 Å². The molecular formula is C15H20ClN3. The van der Waals surface area contributed by atoms with Gasteiger partial charge < -0.3 is 9.88 Å². The second kappa shape index (κ2) is 5.66. The second-order valence-corrected chi connectivity index (χ2v) is 6.25. The molecule has 2 aromatic rings. The number of benzene rings is 1. The van der Waals surface area contributed by atoms with Gasteiger partial charge in [-0.25, -0.2) is 4.98 Å².